The molecule has 53 heavy (non-hydrogen) atoms. The molecule has 1 atom stereocenters. The number of carboxylic acid groups (broad SMARTS) is 1. The Labute approximate surface area is 319 Å². The molecule has 0 spiro atoms. The lowest BCUT2D eigenvalue weighted by atomic mass is 9.87. The third-order valence-corrected chi connectivity index (χ3v) is 10.6. The number of phenolic OH excluding ortho intramolecular Hbond substituents is 2. The molecule has 0 heterocycles. The molecule has 0 fully saturated rings. The predicted molar refractivity (Wildman–Crippen MR) is 194 cm³/mol. The van der Waals surface area contributed by atoms with E-state index in [1.165, 1.54) is 68.8 Å². The number of carbonyl (C=O) groups is 5. The smallest absolute Gasteiger partial charge is 0.356 e. The minimum Gasteiger partial charge on any atom is -0.507 e. The van der Waals surface area contributed by atoms with Gasteiger partial charge in [0.05, 0.1) is 18.7 Å². The average Bonchev–Trinajstić information content (AvgIpc) is 3.09. The quantitative estimate of drug-likeness (QED) is 0.137. The molecule has 0 bridgehead atoms. The van der Waals surface area contributed by atoms with Gasteiger partial charge >= 0.3 is 23.9 Å². The molecule has 0 amide bonds. The van der Waals surface area contributed by atoms with Gasteiger partial charge in [-0.2, -0.15) is 0 Å². The Kier molecular flexibility index (Phi) is 11.5. The lowest BCUT2D eigenvalue weighted by molar-refractivity contribution is -0.151. The van der Waals surface area contributed by atoms with E-state index < -0.39 is 46.8 Å². The van der Waals surface area contributed by atoms with Crippen molar-refractivity contribution in [3.63, 3.8) is 0 Å². The van der Waals surface area contributed by atoms with Crippen LogP contribution in [0.5, 0.6) is 34.5 Å². The third kappa shape index (κ3) is 6.89. The number of benzene rings is 3. The Hall–Kier alpha value is -5.19. The average molecular weight is 862 g/mol. The molecule has 1 aliphatic carbocycles. The molecule has 3 aromatic rings. The minimum atomic E-state index is -2.46. The summed E-state index contributed by atoms with van der Waals surface area (Å²) in [7, 11) is 2.44. The van der Waals surface area contributed by atoms with Crippen molar-refractivity contribution in [1.82, 2.24) is 0 Å². The van der Waals surface area contributed by atoms with E-state index in [0.29, 0.717) is 0 Å². The minimum absolute atomic E-state index is 0.0177. The summed E-state index contributed by atoms with van der Waals surface area (Å²) in [5, 5.41) is 43.2. The van der Waals surface area contributed by atoms with Gasteiger partial charge in [-0.15, -0.1) is 0 Å². The highest BCUT2D eigenvalue weighted by Gasteiger charge is 2.48. The monoisotopic (exact) mass is 860 g/mol. The largest absolute Gasteiger partial charge is 0.507 e. The van der Waals surface area contributed by atoms with Gasteiger partial charge < -0.3 is 44.1 Å². The van der Waals surface area contributed by atoms with Crippen LogP contribution in [0.15, 0.2) is 38.5 Å². The fourth-order valence-electron chi connectivity index (χ4n) is 5.78. The van der Waals surface area contributed by atoms with Crippen molar-refractivity contribution in [2.75, 3.05) is 14.2 Å². The summed E-state index contributed by atoms with van der Waals surface area (Å²) in [4.78, 5) is 64.2. The van der Waals surface area contributed by atoms with Crippen LogP contribution in [0, 0.1) is 41.5 Å². The van der Waals surface area contributed by atoms with Gasteiger partial charge in [0, 0.05) is 17.2 Å². The molecule has 0 aliphatic heterocycles. The molecule has 3 aromatic carbocycles. The van der Waals surface area contributed by atoms with Gasteiger partial charge in [0.1, 0.15) is 49.9 Å². The summed E-state index contributed by atoms with van der Waals surface area (Å²) in [6, 6.07) is 1.31. The molecule has 0 radical (unpaired) electrons. The van der Waals surface area contributed by atoms with Gasteiger partial charge in [-0.3, -0.25) is 4.79 Å². The van der Waals surface area contributed by atoms with Crippen LogP contribution in [0.4, 0.5) is 0 Å². The number of aryl methyl sites for hydroxylation is 1. The lowest BCUT2D eigenvalue weighted by Crippen LogP contribution is -2.47. The number of halogens is 2. The molecule has 280 valence electrons. The molecule has 0 saturated carbocycles. The zero-order valence-electron chi connectivity index (χ0n) is 29.9. The van der Waals surface area contributed by atoms with E-state index in [1.807, 2.05) is 0 Å². The number of aromatic carboxylic acids is 1. The molecule has 4 N–H and O–H groups in total. The third-order valence-electron chi connectivity index (χ3n) is 8.93. The second-order valence-electron chi connectivity index (χ2n) is 12.1. The van der Waals surface area contributed by atoms with Crippen molar-refractivity contribution >= 4 is 61.5 Å². The van der Waals surface area contributed by atoms with Gasteiger partial charge in [-0.05, 0) is 120 Å². The maximum absolute atomic E-state index is 13.6. The molecule has 0 saturated heterocycles. The second-order valence-corrected chi connectivity index (χ2v) is 13.7. The Morgan fingerprint density at radius 1 is 0.660 bits per heavy atom. The Bertz CT molecular complexity index is 2190. The van der Waals surface area contributed by atoms with Crippen LogP contribution in [0.1, 0.15) is 71.4 Å². The summed E-state index contributed by atoms with van der Waals surface area (Å²) in [6.07, 6.45) is 1.99. The number of phenols is 2. The number of aromatic hydroxyl groups is 2. The van der Waals surface area contributed by atoms with Crippen LogP contribution in [0.2, 0.25) is 0 Å². The normalized spacial score (nSPS) is 15.3. The summed E-state index contributed by atoms with van der Waals surface area (Å²) in [5.74, 6) is -7.18. The molecule has 4 rings (SSSR count). The molecule has 0 unspecified atom stereocenters. The van der Waals surface area contributed by atoms with E-state index in [9.17, 15) is 44.4 Å². The summed E-state index contributed by atoms with van der Waals surface area (Å²) >= 11 is 6.46. The molecule has 1 aliphatic rings. The number of esters is 3. The van der Waals surface area contributed by atoms with Crippen molar-refractivity contribution in [2.24, 2.45) is 0 Å². The van der Waals surface area contributed by atoms with Crippen LogP contribution in [0.25, 0.3) is 0 Å². The van der Waals surface area contributed by atoms with Gasteiger partial charge in [-0.25, -0.2) is 19.2 Å². The fourth-order valence-corrected chi connectivity index (χ4v) is 6.93. The van der Waals surface area contributed by atoms with Crippen molar-refractivity contribution in [1.29, 1.82) is 0 Å². The number of carbonyl (C=O) groups excluding carboxylic acids is 4. The van der Waals surface area contributed by atoms with Crippen molar-refractivity contribution in [3.8, 4) is 34.5 Å². The molecular formula is C37H34Br2O14. The SMILES string of the molecule is COC1=CC(=O)C=C(C)[C@]1(O)C(=O)Oc1c(C)c(C)c(C(=O)Oc2cc(C)c(C(=O)Oc3c(C)c(OC)c(C(=O)O)c(C)c3Br)c(O)c2C)c(O)c1Br. The molecule has 16 heteroatoms. The number of carboxylic acids is 1. The van der Waals surface area contributed by atoms with Gasteiger partial charge in [-0.1, -0.05) is 0 Å². The molecular weight excluding hydrogens is 828 g/mol. The lowest BCUT2D eigenvalue weighted by Gasteiger charge is -2.30. The number of aliphatic hydroxyl groups is 1. The van der Waals surface area contributed by atoms with Crippen LogP contribution in [0.3, 0.4) is 0 Å². The van der Waals surface area contributed by atoms with E-state index >= 15 is 0 Å². The first kappa shape index (κ1) is 40.6. The van der Waals surface area contributed by atoms with E-state index in [-0.39, 0.29) is 93.3 Å². The van der Waals surface area contributed by atoms with Crippen LogP contribution in [-0.4, -0.2) is 69.9 Å². The number of ether oxygens (including phenoxy) is 5. The fraction of sp³-hybridized carbons (Fsp3) is 0.270. The number of rotatable bonds is 9. The topological polar surface area (TPSA) is 212 Å². The van der Waals surface area contributed by atoms with Gasteiger partial charge in [0.15, 0.2) is 17.3 Å². The maximum Gasteiger partial charge on any atom is 0.356 e. The van der Waals surface area contributed by atoms with Crippen molar-refractivity contribution < 1.29 is 68.1 Å². The maximum atomic E-state index is 13.6. The molecule has 0 aromatic heterocycles. The van der Waals surface area contributed by atoms with Gasteiger partial charge in [0.25, 0.3) is 0 Å². The number of hydrogen-bond acceptors (Lipinski definition) is 13. The summed E-state index contributed by atoms with van der Waals surface area (Å²) in [6.45, 7) is 10.1. The predicted octanol–water partition coefficient (Wildman–Crippen LogP) is 6.31. The highest BCUT2D eigenvalue weighted by atomic mass is 79.9. The first-order valence-corrected chi connectivity index (χ1v) is 17.1. The zero-order chi connectivity index (χ0) is 40.0. The Balaban J connectivity index is 1.67. The first-order valence-electron chi connectivity index (χ1n) is 15.5. The van der Waals surface area contributed by atoms with Crippen LogP contribution < -0.4 is 18.9 Å². The second kappa shape index (κ2) is 15.0. The zero-order valence-corrected chi connectivity index (χ0v) is 33.0. The summed E-state index contributed by atoms with van der Waals surface area (Å²) < 4.78 is 27.1. The summed E-state index contributed by atoms with van der Waals surface area (Å²) in [5.41, 5.74) is -2.40. The van der Waals surface area contributed by atoms with Crippen LogP contribution in [-0.2, 0) is 14.3 Å². The highest BCUT2D eigenvalue weighted by Crippen LogP contribution is 2.45. The van der Waals surface area contributed by atoms with Gasteiger partial charge in [0.2, 0.25) is 5.60 Å². The van der Waals surface area contributed by atoms with E-state index in [2.05, 4.69) is 31.9 Å². The number of ketones is 1. The van der Waals surface area contributed by atoms with E-state index in [1.54, 1.807) is 0 Å². The van der Waals surface area contributed by atoms with Crippen molar-refractivity contribution in [3.05, 3.63) is 88.6 Å². The number of hydrogen-bond donors (Lipinski definition) is 4. The first-order chi connectivity index (χ1) is 24.6. The van der Waals surface area contributed by atoms with E-state index in [4.69, 9.17) is 23.7 Å². The number of methoxy groups -OCH3 is 2. The van der Waals surface area contributed by atoms with Crippen LogP contribution >= 0.6 is 31.9 Å². The van der Waals surface area contributed by atoms with Crippen molar-refractivity contribution in [2.45, 2.75) is 54.1 Å². The molecule has 14 nitrogen and oxygen atoms in total. The standard InChI is InChI=1S/C37H34Br2O14/c1-13-10-21(17(5)28(41)23(13)34(45)52-32-19(7)30(50-9)25(33(43)44)18(6)26(32)38)51-35(46)24-15(3)16(4)31(27(39)29(24)42)53-36(47)37(48)14(2)11-20(40)12-22(37)49-8/h10-12,41-42,48H,1-9H3,(H,43,44)/t37-/m1/s1. The number of allylic oxidation sites excluding steroid dienone is 2. The Morgan fingerprint density at radius 3 is 1.81 bits per heavy atom. The highest BCUT2D eigenvalue weighted by molar-refractivity contribution is 9.11. The Morgan fingerprint density at radius 2 is 1.25 bits per heavy atom. The van der Waals surface area contributed by atoms with E-state index in [0.717, 1.165) is 12.2 Å².